The number of oxazole rings is 1. The highest BCUT2D eigenvalue weighted by Crippen LogP contribution is 2.37. The van der Waals surface area contributed by atoms with Gasteiger partial charge in [-0.25, -0.2) is 14.8 Å². The summed E-state index contributed by atoms with van der Waals surface area (Å²) in [6, 6.07) is 15.1. The second-order valence-corrected chi connectivity index (χ2v) is 8.72. The van der Waals surface area contributed by atoms with Crippen LogP contribution in [-0.2, 0) is 0 Å². The SMILES string of the molecule is O=C(O)c1ccc(-c2cnc(-c3ccc4c(c3)nc(-c3ccoc3)n4C3CCCCC3)o2)cc1. The number of carboxylic acid groups (broad SMARTS) is 1. The summed E-state index contributed by atoms with van der Waals surface area (Å²) in [4.78, 5) is 20.5. The number of furan rings is 1. The van der Waals surface area contributed by atoms with Gasteiger partial charge in [-0.1, -0.05) is 31.4 Å². The number of rotatable bonds is 5. The summed E-state index contributed by atoms with van der Waals surface area (Å²) in [5, 5.41) is 9.10. The zero-order valence-corrected chi connectivity index (χ0v) is 18.5. The van der Waals surface area contributed by atoms with Gasteiger partial charge in [-0.3, -0.25) is 0 Å². The zero-order chi connectivity index (χ0) is 23.1. The molecule has 170 valence electrons. The first-order valence-electron chi connectivity index (χ1n) is 11.5. The van der Waals surface area contributed by atoms with E-state index >= 15 is 0 Å². The standard InChI is InChI=1S/C27H23N3O4/c31-27(32)18-8-6-17(7-9-18)24-15-28-26(34-24)19-10-11-23-22(14-19)29-25(20-12-13-33-16-20)30(23)21-4-2-1-3-5-21/h6-16,21H,1-5H2,(H,31,32). The molecule has 2 aromatic carbocycles. The average molecular weight is 453 g/mol. The molecule has 1 aliphatic rings. The molecular formula is C27H23N3O4. The van der Waals surface area contributed by atoms with Gasteiger partial charge in [0, 0.05) is 17.2 Å². The van der Waals surface area contributed by atoms with E-state index in [9.17, 15) is 4.79 Å². The normalized spacial score (nSPS) is 14.6. The number of carbonyl (C=O) groups is 1. The number of imidazole rings is 1. The first kappa shape index (κ1) is 20.5. The van der Waals surface area contributed by atoms with Crippen molar-refractivity contribution >= 4 is 17.0 Å². The van der Waals surface area contributed by atoms with E-state index in [0.717, 1.165) is 46.4 Å². The first-order chi connectivity index (χ1) is 16.7. The van der Waals surface area contributed by atoms with Crippen LogP contribution in [0.2, 0.25) is 0 Å². The average Bonchev–Trinajstić information content (AvgIpc) is 3.64. The quantitative estimate of drug-likeness (QED) is 0.314. The van der Waals surface area contributed by atoms with Crippen LogP contribution < -0.4 is 0 Å². The number of aromatic nitrogens is 3. The predicted molar refractivity (Wildman–Crippen MR) is 127 cm³/mol. The number of benzene rings is 2. The summed E-state index contributed by atoms with van der Waals surface area (Å²) in [7, 11) is 0. The number of carboxylic acids is 1. The van der Waals surface area contributed by atoms with E-state index in [2.05, 4.69) is 15.6 Å². The summed E-state index contributed by atoms with van der Waals surface area (Å²) < 4.78 is 13.7. The van der Waals surface area contributed by atoms with Gasteiger partial charge in [-0.15, -0.1) is 0 Å². The number of hydrogen-bond donors (Lipinski definition) is 1. The van der Waals surface area contributed by atoms with Crippen LogP contribution in [0.1, 0.15) is 48.5 Å². The van der Waals surface area contributed by atoms with E-state index in [1.807, 2.05) is 18.2 Å². The second kappa shape index (κ2) is 8.33. The lowest BCUT2D eigenvalue weighted by molar-refractivity contribution is 0.0697. The fourth-order valence-electron chi connectivity index (χ4n) is 4.85. The third kappa shape index (κ3) is 3.59. The van der Waals surface area contributed by atoms with E-state index in [0.29, 0.717) is 17.7 Å². The molecule has 5 aromatic rings. The molecule has 1 saturated carbocycles. The minimum Gasteiger partial charge on any atom is -0.478 e. The Balaban J connectivity index is 1.38. The van der Waals surface area contributed by atoms with E-state index in [4.69, 9.17) is 18.9 Å². The summed E-state index contributed by atoms with van der Waals surface area (Å²) in [6.07, 6.45) is 11.2. The summed E-state index contributed by atoms with van der Waals surface area (Å²) in [5.41, 5.74) is 4.82. The molecule has 0 saturated heterocycles. The molecule has 7 nitrogen and oxygen atoms in total. The van der Waals surface area contributed by atoms with Crippen molar-refractivity contribution < 1.29 is 18.7 Å². The molecule has 6 rings (SSSR count). The van der Waals surface area contributed by atoms with Crippen LogP contribution in [0.25, 0.3) is 45.2 Å². The predicted octanol–water partition coefficient (Wildman–Crippen LogP) is 6.82. The van der Waals surface area contributed by atoms with Crippen molar-refractivity contribution in [1.29, 1.82) is 0 Å². The fourth-order valence-corrected chi connectivity index (χ4v) is 4.85. The smallest absolute Gasteiger partial charge is 0.335 e. The first-order valence-corrected chi connectivity index (χ1v) is 11.5. The van der Waals surface area contributed by atoms with E-state index in [1.165, 1.54) is 19.3 Å². The van der Waals surface area contributed by atoms with Crippen LogP contribution in [0.15, 0.2) is 76.1 Å². The number of aromatic carboxylic acids is 1. The maximum Gasteiger partial charge on any atom is 0.335 e. The minimum absolute atomic E-state index is 0.232. The summed E-state index contributed by atoms with van der Waals surface area (Å²) >= 11 is 0. The van der Waals surface area contributed by atoms with Crippen molar-refractivity contribution in [3.8, 4) is 34.2 Å². The van der Waals surface area contributed by atoms with Crippen LogP contribution >= 0.6 is 0 Å². The molecule has 0 atom stereocenters. The molecule has 7 heteroatoms. The maximum atomic E-state index is 11.1. The summed E-state index contributed by atoms with van der Waals surface area (Å²) in [6.45, 7) is 0. The molecule has 3 heterocycles. The fraction of sp³-hybridized carbons (Fsp3) is 0.222. The Hall–Kier alpha value is -4.13. The van der Waals surface area contributed by atoms with Gasteiger partial charge in [-0.2, -0.15) is 0 Å². The topological polar surface area (TPSA) is 94.3 Å². The molecule has 1 fully saturated rings. The van der Waals surface area contributed by atoms with E-state index in [-0.39, 0.29) is 5.56 Å². The van der Waals surface area contributed by atoms with Gasteiger partial charge in [0.25, 0.3) is 0 Å². The molecule has 1 N–H and O–H groups in total. The van der Waals surface area contributed by atoms with Gasteiger partial charge in [0.2, 0.25) is 5.89 Å². The molecule has 1 aliphatic carbocycles. The molecular weight excluding hydrogens is 430 g/mol. The monoisotopic (exact) mass is 453 g/mol. The Kier molecular flexibility index (Phi) is 5.02. The lowest BCUT2D eigenvalue weighted by Gasteiger charge is -2.25. The largest absolute Gasteiger partial charge is 0.478 e. The molecule has 0 aliphatic heterocycles. The Morgan fingerprint density at radius 3 is 2.50 bits per heavy atom. The van der Waals surface area contributed by atoms with Crippen molar-refractivity contribution in [1.82, 2.24) is 14.5 Å². The molecule has 0 unspecified atom stereocenters. The van der Waals surface area contributed by atoms with Gasteiger partial charge in [0.1, 0.15) is 12.1 Å². The Labute approximate surface area is 195 Å². The van der Waals surface area contributed by atoms with Gasteiger partial charge in [0.05, 0.1) is 34.6 Å². The van der Waals surface area contributed by atoms with Crippen LogP contribution in [0.5, 0.6) is 0 Å². The highest BCUT2D eigenvalue weighted by molar-refractivity contribution is 5.88. The van der Waals surface area contributed by atoms with E-state index < -0.39 is 5.97 Å². The summed E-state index contributed by atoms with van der Waals surface area (Å²) in [5.74, 6) is 1.05. The minimum atomic E-state index is -0.958. The highest BCUT2D eigenvalue weighted by Gasteiger charge is 2.23. The molecule has 0 amide bonds. The highest BCUT2D eigenvalue weighted by atomic mass is 16.4. The molecule has 0 spiro atoms. The third-order valence-electron chi connectivity index (χ3n) is 6.58. The van der Waals surface area contributed by atoms with Crippen molar-refractivity contribution in [2.24, 2.45) is 0 Å². The van der Waals surface area contributed by atoms with Gasteiger partial charge in [-0.05, 0) is 49.2 Å². The molecule has 0 radical (unpaired) electrons. The van der Waals surface area contributed by atoms with Crippen molar-refractivity contribution in [2.45, 2.75) is 38.1 Å². The van der Waals surface area contributed by atoms with Crippen LogP contribution in [0.4, 0.5) is 0 Å². The Morgan fingerprint density at radius 2 is 1.76 bits per heavy atom. The molecule has 3 aromatic heterocycles. The van der Waals surface area contributed by atoms with Gasteiger partial charge >= 0.3 is 5.97 Å². The number of fused-ring (bicyclic) bond motifs is 1. The van der Waals surface area contributed by atoms with Crippen molar-refractivity contribution in [3.05, 3.63) is 72.8 Å². The number of hydrogen-bond acceptors (Lipinski definition) is 5. The Bertz CT molecular complexity index is 1460. The van der Waals surface area contributed by atoms with Crippen LogP contribution in [0, 0.1) is 0 Å². The molecule has 0 bridgehead atoms. The number of nitrogens with zero attached hydrogens (tertiary/aromatic N) is 3. The van der Waals surface area contributed by atoms with Gasteiger partial charge < -0.3 is 18.5 Å². The lowest BCUT2D eigenvalue weighted by atomic mass is 9.95. The van der Waals surface area contributed by atoms with Crippen LogP contribution in [-0.4, -0.2) is 25.6 Å². The van der Waals surface area contributed by atoms with Crippen molar-refractivity contribution in [2.75, 3.05) is 0 Å². The van der Waals surface area contributed by atoms with Gasteiger partial charge in [0.15, 0.2) is 5.76 Å². The Morgan fingerprint density at radius 1 is 0.971 bits per heavy atom. The lowest BCUT2D eigenvalue weighted by Crippen LogP contribution is -2.13. The second-order valence-electron chi connectivity index (χ2n) is 8.72. The third-order valence-corrected chi connectivity index (χ3v) is 6.58. The zero-order valence-electron chi connectivity index (χ0n) is 18.5. The van der Waals surface area contributed by atoms with Crippen LogP contribution in [0.3, 0.4) is 0 Å². The maximum absolute atomic E-state index is 11.1. The van der Waals surface area contributed by atoms with E-state index in [1.54, 1.807) is 43.0 Å². The van der Waals surface area contributed by atoms with Crippen molar-refractivity contribution in [3.63, 3.8) is 0 Å². The molecule has 34 heavy (non-hydrogen) atoms.